The van der Waals surface area contributed by atoms with Crippen LogP contribution in [0.1, 0.15) is 35.2 Å². The van der Waals surface area contributed by atoms with Crippen molar-refractivity contribution >= 4 is 11.6 Å². The van der Waals surface area contributed by atoms with Crippen molar-refractivity contribution in [1.82, 2.24) is 14.6 Å². The first-order chi connectivity index (χ1) is 12.6. The molecule has 0 fully saturated rings. The SMILES string of the molecule is COC(=O)Cc1c(C)nc2cc(-c3ccc4c(c3)CCCC4)nn2c1O. The lowest BCUT2D eigenvalue weighted by Crippen LogP contribution is -2.09. The number of aromatic nitrogens is 3. The lowest BCUT2D eigenvalue weighted by atomic mass is 9.90. The number of rotatable bonds is 3. The van der Waals surface area contributed by atoms with Crippen LogP contribution in [-0.2, 0) is 28.8 Å². The molecule has 4 rings (SSSR count). The maximum Gasteiger partial charge on any atom is 0.310 e. The van der Waals surface area contributed by atoms with E-state index in [0.29, 0.717) is 16.9 Å². The van der Waals surface area contributed by atoms with Crippen LogP contribution < -0.4 is 0 Å². The first-order valence-electron chi connectivity index (χ1n) is 8.84. The predicted octanol–water partition coefficient (Wildman–Crippen LogP) is 3.00. The van der Waals surface area contributed by atoms with Gasteiger partial charge in [0.1, 0.15) is 0 Å². The van der Waals surface area contributed by atoms with E-state index >= 15 is 0 Å². The van der Waals surface area contributed by atoms with Gasteiger partial charge in [-0.05, 0) is 49.8 Å². The van der Waals surface area contributed by atoms with E-state index in [9.17, 15) is 9.90 Å². The zero-order valence-corrected chi connectivity index (χ0v) is 15.0. The summed E-state index contributed by atoms with van der Waals surface area (Å²) in [6.07, 6.45) is 4.67. The van der Waals surface area contributed by atoms with E-state index in [-0.39, 0.29) is 12.3 Å². The predicted molar refractivity (Wildman–Crippen MR) is 97.2 cm³/mol. The molecule has 0 unspecified atom stereocenters. The number of esters is 1. The zero-order chi connectivity index (χ0) is 18.3. The second-order valence-corrected chi connectivity index (χ2v) is 6.74. The van der Waals surface area contributed by atoms with E-state index in [1.165, 1.54) is 35.6 Å². The fourth-order valence-electron chi connectivity index (χ4n) is 3.59. The molecule has 1 aliphatic rings. The van der Waals surface area contributed by atoms with Gasteiger partial charge >= 0.3 is 5.97 Å². The summed E-state index contributed by atoms with van der Waals surface area (Å²) in [5, 5.41) is 15.1. The molecule has 3 aromatic rings. The number of nitrogens with zero attached hydrogens (tertiary/aromatic N) is 3. The van der Waals surface area contributed by atoms with Gasteiger partial charge in [-0.3, -0.25) is 4.79 Å². The molecule has 26 heavy (non-hydrogen) atoms. The van der Waals surface area contributed by atoms with Crippen molar-refractivity contribution < 1.29 is 14.6 Å². The molecule has 0 saturated carbocycles. The molecule has 0 atom stereocenters. The van der Waals surface area contributed by atoms with Crippen LogP contribution in [0.25, 0.3) is 16.9 Å². The normalized spacial score (nSPS) is 13.6. The highest BCUT2D eigenvalue weighted by Crippen LogP contribution is 2.29. The van der Waals surface area contributed by atoms with Crippen LogP contribution >= 0.6 is 0 Å². The number of aryl methyl sites for hydroxylation is 3. The summed E-state index contributed by atoms with van der Waals surface area (Å²) in [5.74, 6) is -0.492. The Morgan fingerprint density at radius 3 is 2.77 bits per heavy atom. The van der Waals surface area contributed by atoms with Crippen LogP contribution in [0.4, 0.5) is 0 Å². The number of carbonyl (C=O) groups excluding carboxylic acids is 1. The fraction of sp³-hybridized carbons (Fsp3) is 0.350. The highest BCUT2D eigenvalue weighted by Gasteiger charge is 2.18. The molecule has 6 heteroatoms. The standard InChI is InChI=1S/C20H21N3O3/c1-12-16(10-19(24)26-2)20(25)23-18(21-12)11-17(22-23)15-8-7-13-5-3-4-6-14(13)9-15/h7-9,11,25H,3-6,10H2,1-2H3. The molecular weight excluding hydrogens is 330 g/mol. The molecule has 2 heterocycles. The number of hydrogen-bond donors (Lipinski definition) is 1. The number of carbonyl (C=O) groups is 1. The van der Waals surface area contributed by atoms with Gasteiger partial charge in [-0.25, -0.2) is 4.98 Å². The smallest absolute Gasteiger partial charge is 0.310 e. The molecule has 0 amide bonds. The molecule has 134 valence electrons. The van der Waals surface area contributed by atoms with E-state index in [0.717, 1.165) is 24.1 Å². The van der Waals surface area contributed by atoms with Crippen LogP contribution in [0, 0.1) is 6.92 Å². The Labute approximate surface area is 151 Å². The molecular formula is C20H21N3O3. The van der Waals surface area contributed by atoms with Crippen LogP contribution in [-0.4, -0.2) is 32.8 Å². The first-order valence-corrected chi connectivity index (χ1v) is 8.84. The van der Waals surface area contributed by atoms with Crippen molar-refractivity contribution in [1.29, 1.82) is 0 Å². The summed E-state index contributed by atoms with van der Waals surface area (Å²) >= 11 is 0. The molecule has 2 aromatic heterocycles. The Kier molecular flexibility index (Phi) is 4.11. The van der Waals surface area contributed by atoms with Gasteiger partial charge in [0.15, 0.2) is 5.65 Å². The molecule has 0 saturated heterocycles. The quantitative estimate of drug-likeness (QED) is 0.734. The minimum Gasteiger partial charge on any atom is -0.493 e. The van der Waals surface area contributed by atoms with E-state index in [4.69, 9.17) is 4.74 Å². The molecule has 1 N–H and O–H groups in total. The van der Waals surface area contributed by atoms with Crippen molar-refractivity contribution in [2.75, 3.05) is 7.11 Å². The summed E-state index contributed by atoms with van der Waals surface area (Å²) in [5.41, 5.74) is 6.16. The summed E-state index contributed by atoms with van der Waals surface area (Å²) in [4.78, 5) is 16.1. The van der Waals surface area contributed by atoms with Crippen molar-refractivity contribution in [3.8, 4) is 17.1 Å². The summed E-state index contributed by atoms with van der Waals surface area (Å²) in [7, 11) is 1.32. The molecule has 1 aliphatic carbocycles. The fourth-order valence-corrected chi connectivity index (χ4v) is 3.59. The summed E-state index contributed by atoms with van der Waals surface area (Å²) in [6, 6.07) is 8.30. The van der Waals surface area contributed by atoms with Gasteiger partial charge in [0.2, 0.25) is 5.88 Å². The highest BCUT2D eigenvalue weighted by molar-refractivity contribution is 5.74. The van der Waals surface area contributed by atoms with E-state index in [1.807, 2.05) is 6.07 Å². The van der Waals surface area contributed by atoms with E-state index < -0.39 is 5.97 Å². The van der Waals surface area contributed by atoms with Crippen LogP contribution in [0.3, 0.4) is 0 Å². The van der Waals surface area contributed by atoms with Gasteiger partial charge in [-0.2, -0.15) is 9.61 Å². The minimum absolute atomic E-state index is 0.0366. The topological polar surface area (TPSA) is 76.7 Å². The van der Waals surface area contributed by atoms with Crippen molar-refractivity contribution in [2.24, 2.45) is 0 Å². The Hall–Kier alpha value is -2.89. The summed E-state index contributed by atoms with van der Waals surface area (Å²) < 4.78 is 6.09. The van der Waals surface area contributed by atoms with Crippen molar-refractivity contribution in [3.63, 3.8) is 0 Å². The lowest BCUT2D eigenvalue weighted by molar-refractivity contribution is -0.139. The van der Waals surface area contributed by atoms with Gasteiger partial charge in [0.25, 0.3) is 0 Å². The van der Waals surface area contributed by atoms with Crippen LogP contribution in [0.5, 0.6) is 5.88 Å². The average molecular weight is 351 g/mol. The maximum absolute atomic E-state index is 11.6. The Morgan fingerprint density at radius 1 is 1.23 bits per heavy atom. The second-order valence-electron chi connectivity index (χ2n) is 6.74. The third-order valence-electron chi connectivity index (χ3n) is 5.07. The second kappa shape index (κ2) is 6.44. The molecule has 1 aromatic carbocycles. The molecule has 0 bridgehead atoms. The van der Waals surface area contributed by atoms with Crippen LogP contribution in [0.2, 0.25) is 0 Å². The zero-order valence-electron chi connectivity index (χ0n) is 15.0. The Bertz CT molecular complexity index is 1010. The number of benzene rings is 1. The molecule has 6 nitrogen and oxygen atoms in total. The average Bonchev–Trinajstić information content (AvgIpc) is 3.08. The minimum atomic E-state index is -0.424. The van der Waals surface area contributed by atoms with Gasteiger partial charge in [0.05, 0.1) is 19.2 Å². The number of hydrogen-bond acceptors (Lipinski definition) is 5. The number of aromatic hydroxyl groups is 1. The van der Waals surface area contributed by atoms with Gasteiger partial charge < -0.3 is 9.84 Å². The van der Waals surface area contributed by atoms with Crippen molar-refractivity contribution in [3.05, 3.63) is 46.6 Å². The first kappa shape index (κ1) is 16.6. The monoisotopic (exact) mass is 351 g/mol. The third-order valence-corrected chi connectivity index (χ3v) is 5.07. The molecule has 0 radical (unpaired) electrons. The maximum atomic E-state index is 11.6. The summed E-state index contributed by atoms with van der Waals surface area (Å²) in [6.45, 7) is 1.77. The van der Waals surface area contributed by atoms with Crippen LogP contribution in [0.15, 0.2) is 24.3 Å². The highest BCUT2D eigenvalue weighted by atomic mass is 16.5. The van der Waals surface area contributed by atoms with E-state index in [2.05, 4.69) is 28.3 Å². The Balaban J connectivity index is 1.78. The molecule has 0 aliphatic heterocycles. The van der Waals surface area contributed by atoms with Crippen molar-refractivity contribution in [2.45, 2.75) is 39.0 Å². The number of fused-ring (bicyclic) bond motifs is 2. The van der Waals surface area contributed by atoms with Gasteiger partial charge in [0, 0.05) is 22.9 Å². The molecule has 0 spiro atoms. The largest absolute Gasteiger partial charge is 0.493 e. The number of ether oxygens (including phenoxy) is 1. The van der Waals surface area contributed by atoms with E-state index in [1.54, 1.807) is 6.92 Å². The van der Waals surface area contributed by atoms with Gasteiger partial charge in [-0.1, -0.05) is 12.1 Å². The third kappa shape index (κ3) is 2.81. The number of methoxy groups -OCH3 is 1. The lowest BCUT2D eigenvalue weighted by Gasteiger charge is -2.15. The Morgan fingerprint density at radius 2 is 2.00 bits per heavy atom. The van der Waals surface area contributed by atoms with Gasteiger partial charge in [-0.15, -0.1) is 0 Å².